The molecular formula is C27H26ClF2N5OS. The highest BCUT2D eigenvalue weighted by atomic mass is 35.5. The Kier molecular flexibility index (Phi) is 5.18. The molecule has 1 spiro atoms. The number of amides is 1. The van der Waals surface area contributed by atoms with Gasteiger partial charge in [0.1, 0.15) is 16.4 Å². The number of alkyl halides is 2. The fourth-order valence-corrected chi connectivity index (χ4v) is 7.92. The zero-order chi connectivity index (χ0) is 25.5. The predicted molar refractivity (Wildman–Crippen MR) is 138 cm³/mol. The molecule has 37 heavy (non-hydrogen) atoms. The summed E-state index contributed by atoms with van der Waals surface area (Å²) < 4.78 is 29.3. The van der Waals surface area contributed by atoms with Crippen LogP contribution in [0.1, 0.15) is 71.7 Å². The molecule has 6 nitrogen and oxygen atoms in total. The summed E-state index contributed by atoms with van der Waals surface area (Å²) in [6.45, 7) is 1.97. The number of carbonyl (C=O) groups excluding carboxylic acids is 1. The van der Waals surface area contributed by atoms with Crippen molar-refractivity contribution >= 4 is 34.6 Å². The van der Waals surface area contributed by atoms with E-state index in [1.54, 1.807) is 11.3 Å². The molecule has 3 aliphatic carbocycles. The van der Waals surface area contributed by atoms with Crippen molar-refractivity contribution in [3.8, 4) is 5.00 Å². The lowest BCUT2D eigenvalue weighted by Gasteiger charge is -2.16. The highest BCUT2D eigenvalue weighted by molar-refractivity contribution is 7.15. The van der Waals surface area contributed by atoms with Gasteiger partial charge in [0.05, 0.1) is 5.71 Å². The number of carbonyl (C=O) groups is 1. The second-order valence-corrected chi connectivity index (χ2v) is 12.4. The van der Waals surface area contributed by atoms with E-state index < -0.39 is 12.0 Å². The standard InChI is InChI=1S/C27H26ClF2N5OS/c1-14-33-34-25-26(8-9-26)32-23(17-4-2-3-5-19(17)28)22-18-10-15(11-20(18)37-24(22)35(14)25)12-21(36)31-16-6-7-27(29,30)13-16/h2-5,15-16H,6-13H2,1H3,(H,31,36)/t15-,16-/m0/s1. The maximum Gasteiger partial charge on any atom is 0.250 e. The fourth-order valence-electron chi connectivity index (χ4n) is 6.20. The quantitative estimate of drug-likeness (QED) is 0.471. The molecule has 0 radical (unpaired) electrons. The summed E-state index contributed by atoms with van der Waals surface area (Å²) in [7, 11) is 0. The van der Waals surface area contributed by atoms with Crippen LogP contribution >= 0.6 is 22.9 Å². The van der Waals surface area contributed by atoms with Crippen molar-refractivity contribution in [2.24, 2.45) is 10.9 Å². The van der Waals surface area contributed by atoms with Crippen molar-refractivity contribution < 1.29 is 13.6 Å². The summed E-state index contributed by atoms with van der Waals surface area (Å²) in [6, 6.07) is 7.37. The molecule has 2 fully saturated rings. The number of aromatic nitrogens is 3. The van der Waals surface area contributed by atoms with Gasteiger partial charge in [0.15, 0.2) is 5.82 Å². The molecule has 0 unspecified atom stereocenters. The van der Waals surface area contributed by atoms with Gasteiger partial charge in [-0.2, -0.15) is 0 Å². The van der Waals surface area contributed by atoms with Crippen LogP contribution < -0.4 is 5.32 Å². The highest BCUT2D eigenvalue weighted by Crippen LogP contribution is 2.54. The van der Waals surface area contributed by atoms with Crippen LogP contribution in [0.5, 0.6) is 0 Å². The summed E-state index contributed by atoms with van der Waals surface area (Å²) in [5.41, 5.74) is 3.68. The number of benzene rings is 1. The van der Waals surface area contributed by atoms with Crippen LogP contribution in [-0.2, 0) is 23.2 Å². The van der Waals surface area contributed by atoms with Gasteiger partial charge >= 0.3 is 0 Å². The van der Waals surface area contributed by atoms with Gasteiger partial charge < -0.3 is 5.32 Å². The molecule has 2 aromatic heterocycles. The molecule has 3 heterocycles. The maximum atomic E-state index is 13.6. The van der Waals surface area contributed by atoms with E-state index in [9.17, 15) is 13.6 Å². The molecule has 1 aromatic carbocycles. The molecule has 2 saturated carbocycles. The van der Waals surface area contributed by atoms with Gasteiger partial charge in [0.25, 0.3) is 0 Å². The van der Waals surface area contributed by atoms with Crippen LogP contribution in [0.3, 0.4) is 0 Å². The first-order valence-electron chi connectivity index (χ1n) is 12.8. The van der Waals surface area contributed by atoms with Gasteiger partial charge in [-0.1, -0.05) is 29.8 Å². The third kappa shape index (κ3) is 3.84. The van der Waals surface area contributed by atoms with Crippen molar-refractivity contribution in [1.82, 2.24) is 20.1 Å². The van der Waals surface area contributed by atoms with Gasteiger partial charge in [0.2, 0.25) is 11.8 Å². The van der Waals surface area contributed by atoms with Crippen LogP contribution in [0.4, 0.5) is 8.78 Å². The van der Waals surface area contributed by atoms with Crippen LogP contribution in [0.15, 0.2) is 29.3 Å². The number of thiophene rings is 1. The van der Waals surface area contributed by atoms with E-state index in [2.05, 4.69) is 20.1 Å². The number of aliphatic imine (C=N–C) groups is 1. The monoisotopic (exact) mass is 541 g/mol. The molecule has 1 amide bonds. The van der Waals surface area contributed by atoms with Crippen LogP contribution in [0, 0.1) is 12.8 Å². The highest BCUT2D eigenvalue weighted by Gasteiger charge is 2.52. The van der Waals surface area contributed by atoms with Gasteiger partial charge in [-0.3, -0.25) is 14.4 Å². The lowest BCUT2D eigenvalue weighted by atomic mass is 9.96. The van der Waals surface area contributed by atoms with E-state index in [1.165, 1.54) is 10.4 Å². The minimum absolute atomic E-state index is 0.126. The Morgan fingerprint density at radius 2 is 2.03 bits per heavy atom. The van der Waals surface area contributed by atoms with Crippen LogP contribution in [0.2, 0.25) is 5.02 Å². The minimum atomic E-state index is -2.67. The Morgan fingerprint density at radius 1 is 1.22 bits per heavy atom. The Bertz CT molecular complexity index is 1470. The average Bonchev–Trinajstić information content (AvgIpc) is 3.06. The summed E-state index contributed by atoms with van der Waals surface area (Å²) in [5.74, 6) is -0.956. The van der Waals surface area contributed by atoms with Crippen molar-refractivity contribution in [2.45, 2.75) is 75.8 Å². The molecule has 1 N–H and O–H groups in total. The van der Waals surface area contributed by atoms with E-state index in [4.69, 9.17) is 16.6 Å². The lowest BCUT2D eigenvalue weighted by Crippen LogP contribution is -2.35. The Balaban J connectivity index is 1.24. The molecular weight excluding hydrogens is 516 g/mol. The molecule has 7 rings (SSSR count). The summed E-state index contributed by atoms with van der Waals surface area (Å²) >= 11 is 8.43. The molecule has 0 bridgehead atoms. The molecule has 10 heteroatoms. The molecule has 3 aromatic rings. The van der Waals surface area contributed by atoms with E-state index in [0.29, 0.717) is 17.9 Å². The number of nitrogens with one attached hydrogen (secondary N) is 1. The molecule has 4 aliphatic rings. The number of hydrogen-bond acceptors (Lipinski definition) is 5. The van der Waals surface area contributed by atoms with Gasteiger partial charge in [-0.15, -0.1) is 21.5 Å². The number of halogens is 3. The molecule has 0 saturated heterocycles. The largest absolute Gasteiger partial charge is 0.353 e. The van der Waals surface area contributed by atoms with Crippen LogP contribution in [-0.4, -0.2) is 38.3 Å². The summed E-state index contributed by atoms with van der Waals surface area (Å²) in [5, 5.41) is 13.5. The SMILES string of the molecule is Cc1nnc2n1-c1sc3c(c1C(c1ccccc1Cl)=NC21CC1)C[C@H](CC(=O)N[C@H]1CCC(F)(F)C1)C3. The Hall–Kier alpha value is -2.65. The number of aryl methyl sites for hydroxylation is 1. The summed E-state index contributed by atoms with van der Waals surface area (Å²) in [4.78, 5) is 19.3. The molecule has 1 aliphatic heterocycles. The number of hydrogen-bond donors (Lipinski definition) is 1. The molecule has 2 atom stereocenters. The lowest BCUT2D eigenvalue weighted by molar-refractivity contribution is -0.122. The topological polar surface area (TPSA) is 72.2 Å². The minimum Gasteiger partial charge on any atom is -0.353 e. The number of rotatable bonds is 4. The first kappa shape index (κ1) is 23.5. The zero-order valence-corrected chi connectivity index (χ0v) is 21.9. The zero-order valence-electron chi connectivity index (χ0n) is 20.4. The van der Waals surface area contributed by atoms with Gasteiger partial charge in [-0.25, -0.2) is 8.78 Å². The number of nitrogens with zero attached hydrogens (tertiary/aromatic N) is 4. The third-order valence-electron chi connectivity index (χ3n) is 8.14. The number of fused-ring (bicyclic) bond motifs is 6. The predicted octanol–water partition coefficient (Wildman–Crippen LogP) is 5.54. The second-order valence-electron chi connectivity index (χ2n) is 10.9. The fraction of sp³-hybridized carbons (Fsp3) is 0.481. The van der Waals surface area contributed by atoms with Crippen molar-refractivity contribution in [2.75, 3.05) is 0 Å². The van der Waals surface area contributed by atoms with Gasteiger partial charge in [0, 0.05) is 46.3 Å². The van der Waals surface area contributed by atoms with E-state index in [1.807, 2.05) is 31.2 Å². The Labute approximate surface area is 222 Å². The normalized spacial score (nSPS) is 24.3. The first-order valence-corrected chi connectivity index (χ1v) is 14.0. The van der Waals surface area contributed by atoms with Gasteiger partial charge in [-0.05, 0) is 56.6 Å². The maximum absolute atomic E-state index is 13.6. The van der Waals surface area contributed by atoms with Crippen LogP contribution in [0.25, 0.3) is 5.00 Å². The average molecular weight is 542 g/mol. The van der Waals surface area contributed by atoms with E-state index in [-0.39, 0.29) is 30.2 Å². The van der Waals surface area contributed by atoms with Crippen molar-refractivity contribution in [3.63, 3.8) is 0 Å². The molecule has 192 valence electrons. The van der Waals surface area contributed by atoms with E-state index >= 15 is 0 Å². The smallest absolute Gasteiger partial charge is 0.250 e. The Morgan fingerprint density at radius 3 is 2.76 bits per heavy atom. The van der Waals surface area contributed by atoms with Crippen molar-refractivity contribution in [1.29, 1.82) is 0 Å². The first-order chi connectivity index (χ1) is 17.7. The third-order valence-corrected chi connectivity index (χ3v) is 9.71. The second kappa shape index (κ2) is 8.17. The van der Waals surface area contributed by atoms with E-state index in [0.717, 1.165) is 59.2 Å². The van der Waals surface area contributed by atoms with Crippen molar-refractivity contribution in [3.05, 3.63) is 62.5 Å². The summed E-state index contributed by atoms with van der Waals surface area (Å²) in [6.07, 6.45) is 3.60.